The third-order valence-corrected chi connectivity index (χ3v) is 9.17. The van der Waals surface area contributed by atoms with Crippen LogP contribution in [0.25, 0.3) is 0 Å². The molecule has 1 aliphatic heterocycles. The van der Waals surface area contributed by atoms with E-state index in [1.54, 1.807) is 121 Å². The summed E-state index contributed by atoms with van der Waals surface area (Å²) in [5, 5.41) is 0. The average Bonchev–Trinajstić information content (AvgIpc) is 3.18. The van der Waals surface area contributed by atoms with Gasteiger partial charge in [0.25, 0.3) is 0 Å². The van der Waals surface area contributed by atoms with Crippen molar-refractivity contribution in [1.82, 2.24) is 0 Å². The van der Waals surface area contributed by atoms with Crippen molar-refractivity contribution >= 4 is 35.6 Å². The van der Waals surface area contributed by atoms with Gasteiger partial charge in [0.15, 0.2) is 18.3 Å². The molecule has 0 aromatic heterocycles. The highest BCUT2D eigenvalue weighted by Crippen LogP contribution is 2.38. The van der Waals surface area contributed by atoms with Crippen molar-refractivity contribution in [3.05, 3.63) is 173 Å². The molecule has 258 valence electrons. The molecule has 5 aromatic rings. The molecule has 0 bridgehead atoms. The lowest BCUT2D eigenvalue weighted by molar-refractivity contribution is -0.207. The standard InChI is InChI=1S/C41H34O9S/c1-27-22-24-32(25-23-27)51-41-36(50-40(45)31-20-12-5-13-21-31)35(49-39(44)30-18-10-4-11-19-30)34(48-38(43)29-16-8-3-9-17-29)33(47-41)26-46-37(42)28-14-6-2-7-15-28/h2-25,33-36,41H,26H2,1H3/t33?,34-,35+,36?,41+/m1/s1. The highest BCUT2D eigenvalue weighted by molar-refractivity contribution is 7.99. The summed E-state index contributed by atoms with van der Waals surface area (Å²) in [5.74, 6) is -2.84. The number of ether oxygens (including phenoxy) is 5. The van der Waals surface area contributed by atoms with Crippen LogP contribution < -0.4 is 0 Å². The maximum absolute atomic E-state index is 13.7. The lowest BCUT2D eigenvalue weighted by Crippen LogP contribution is -2.61. The van der Waals surface area contributed by atoms with Crippen LogP contribution in [0.4, 0.5) is 0 Å². The molecule has 0 aliphatic carbocycles. The molecule has 5 aromatic carbocycles. The molecule has 0 N–H and O–H groups in total. The minimum Gasteiger partial charge on any atom is -0.459 e. The Morgan fingerprint density at radius 3 is 1.35 bits per heavy atom. The van der Waals surface area contributed by atoms with Gasteiger partial charge in [0.1, 0.15) is 18.1 Å². The van der Waals surface area contributed by atoms with Crippen LogP contribution in [-0.2, 0) is 23.7 Å². The Bertz CT molecular complexity index is 1920. The first kappa shape index (κ1) is 35.1. The van der Waals surface area contributed by atoms with Gasteiger partial charge in [-0.25, -0.2) is 19.2 Å². The third kappa shape index (κ3) is 9.10. The predicted molar refractivity (Wildman–Crippen MR) is 189 cm³/mol. The van der Waals surface area contributed by atoms with Gasteiger partial charge in [-0.3, -0.25) is 0 Å². The zero-order chi connectivity index (χ0) is 35.6. The largest absolute Gasteiger partial charge is 0.459 e. The summed E-state index contributed by atoms with van der Waals surface area (Å²) in [6, 6.07) is 40.9. The van der Waals surface area contributed by atoms with Gasteiger partial charge < -0.3 is 23.7 Å². The summed E-state index contributed by atoms with van der Waals surface area (Å²) in [7, 11) is 0. The lowest BCUT2D eigenvalue weighted by Gasteiger charge is -2.44. The van der Waals surface area contributed by atoms with Crippen LogP contribution >= 0.6 is 11.8 Å². The molecular weight excluding hydrogens is 669 g/mol. The first-order valence-electron chi connectivity index (χ1n) is 16.2. The molecule has 51 heavy (non-hydrogen) atoms. The number of benzene rings is 5. The Labute approximate surface area is 299 Å². The summed E-state index contributed by atoms with van der Waals surface area (Å²) in [6.07, 6.45) is -5.26. The van der Waals surface area contributed by atoms with Gasteiger partial charge in [-0.2, -0.15) is 0 Å². The van der Waals surface area contributed by atoms with Crippen molar-refractivity contribution in [2.45, 2.75) is 41.7 Å². The Morgan fingerprint density at radius 1 is 0.510 bits per heavy atom. The maximum Gasteiger partial charge on any atom is 0.338 e. The molecule has 0 saturated carbocycles. The van der Waals surface area contributed by atoms with E-state index in [0.29, 0.717) is 5.56 Å². The highest BCUT2D eigenvalue weighted by atomic mass is 32.2. The number of thioether (sulfide) groups is 1. The second-order valence-electron chi connectivity index (χ2n) is 11.6. The minimum absolute atomic E-state index is 0.222. The highest BCUT2D eigenvalue weighted by Gasteiger charge is 2.53. The summed E-state index contributed by atoms with van der Waals surface area (Å²) in [6.45, 7) is 1.57. The molecule has 6 rings (SSSR count). The van der Waals surface area contributed by atoms with E-state index >= 15 is 0 Å². The van der Waals surface area contributed by atoms with E-state index < -0.39 is 53.7 Å². The third-order valence-electron chi connectivity index (χ3n) is 8.01. The van der Waals surface area contributed by atoms with Gasteiger partial charge in [-0.15, -0.1) is 0 Å². The van der Waals surface area contributed by atoms with Gasteiger partial charge in [-0.1, -0.05) is 102 Å². The fourth-order valence-electron chi connectivity index (χ4n) is 5.37. The molecule has 2 unspecified atom stereocenters. The zero-order valence-corrected chi connectivity index (χ0v) is 28.3. The van der Waals surface area contributed by atoms with Crippen LogP contribution in [0.3, 0.4) is 0 Å². The number of hydrogen-bond acceptors (Lipinski definition) is 10. The normalized spacial score (nSPS) is 19.7. The summed E-state index contributed by atoms with van der Waals surface area (Å²) in [5.41, 5.74) is 1.02. The molecule has 9 nitrogen and oxygen atoms in total. The van der Waals surface area contributed by atoms with E-state index in [0.717, 1.165) is 10.5 Å². The van der Waals surface area contributed by atoms with Crippen molar-refractivity contribution in [1.29, 1.82) is 0 Å². The molecular formula is C41H34O9S. The topological polar surface area (TPSA) is 114 Å². The fourth-order valence-corrected chi connectivity index (χ4v) is 6.48. The first-order chi connectivity index (χ1) is 24.9. The van der Waals surface area contributed by atoms with Crippen LogP contribution in [0, 0.1) is 6.92 Å². The second kappa shape index (κ2) is 16.8. The zero-order valence-electron chi connectivity index (χ0n) is 27.5. The summed E-state index contributed by atoms with van der Waals surface area (Å²) < 4.78 is 30.6. The molecule has 0 spiro atoms. The van der Waals surface area contributed by atoms with Crippen molar-refractivity contribution in [3.8, 4) is 0 Å². The summed E-state index contributed by atoms with van der Waals surface area (Å²) >= 11 is 1.23. The number of aryl methyl sites for hydroxylation is 1. The molecule has 1 saturated heterocycles. The minimum atomic E-state index is -1.41. The fraction of sp³-hybridized carbons (Fsp3) is 0.171. The van der Waals surface area contributed by atoms with Crippen LogP contribution in [0.15, 0.2) is 150 Å². The van der Waals surface area contributed by atoms with Crippen molar-refractivity contribution in [3.63, 3.8) is 0 Å². The Hall–Kier alpha value is -5.71. The van der Waals surface area contributed by atoms with Gasteiger partial charge in [-0.05, 0) is 67.6 Å². The number of rotatable bonds is 11. The summed E-state index contributed by atoms with van der Waals surface area (Å²) in [4.78, 5) is 54.9. The molecule has 0 radical (unpaired) electrons. The van der Waals surface area contributed by atoms with E-state index in [1.165, 1.54) is 11.8 Å². The predicted octanol–water partition coefficient (Wildman–Crippen LogP) is 7.35. The van der Waals surface area contributed by atoms with Crippen molar-refractivity contribution < 1.29 is 42.9 Å². The van der Waals surface area contributed by atoms with Gasteiger partial charge >= 0.3 is 23.9 Å². The smallest absolute Gasteiger partial charge is 0.338 e. The molecule has 10 heteroatoms. The quantitative estimate of drug-likeness (QED) is 0.102. The Balaban J connectivity index is 1.41. The lowest BCUT2D eigenvalue weighted by atomic mass is 9.98. The van der Waals surface area contributed by atoms with E-state index in [1.807, 2.05) is 31.2 Å². The molecule has 1 fully saturated rings. The Kier molecular flexibility index (Phi) is 11.6. The van der Waals surface area contributed by atoms with Crippen LogP contribution in [0.5, 0.6) is 0 Å². The van der Waals surface area contributed by atoms with E-state index in [2.05, 4.69) is 0 Å². The average molecular weight is 703 g/mol. The first-order valence-corrected chi connectivity index (χ1v) is 17.1. The van der Waals surface area contributed by atoms with Gasteiger partial charge in [0, 0.05) is 4.90 Å². The number of esters is 4. The molecule has 1 heterocycles. The molecule has 5 atom stereocenters. The van der Waals surface area contributed by atoms with Crippen LogP contribution in [0.2, 0.25) is 0 Å². The molecule has 1 aliphatic rings. The van der Waals surface area contributed by atoms with E-state index in [-0.39, 0.29) is 23.3 Å². The number of carbonyl (C=O) groups excluding carboxylic acids is 4. The number of carbonyl (C=O) groups is 4. The SMILES string of the molecule is Cc1ccc(S[C@@H]2OC(COC(=O)c3ccccc3)[C@@H](OC(=O)c3ccccc3)[C@H](OC(=O)c3ccccc3)C2OC(=O)c2ccccc2)cc1. The Morgan fingerprint density at radius 2 is 0.902 bits per heavy atom. The van der Waals surface area contributed by atoms with Crippen molar-refractivity contribution in [2.75, 3.05) is 6.61 Å². The van der Waals surface area contributed by atoms with Crippen molar-refractivity contribution in [2.24, 2.45) is 0 Å². The molecule has 0 amide bonds. The van der Waals surface area contributed by atoms with E-state index in [9.17, 15) is 19.2 Å². The van der Waals surface area contributed by atoms with Gasteiger partial charge in [0.2, 0.25) is 0 Å². The monoisotopic (exact) mass is 702 g/mol. The van der Waals surface area contributed by atoms with Gasteiger partial charge in [0.05, 0.1) is 22.3 Å². The van der Waals surface area contributed by atoms with E-state index in [4.69, 9.17) is 23.7 Å². The second-order valence-corrected chi connectivity index (χ2v) is 12.8. The maximum atomic E-state index is 13.7. The van der Waals surface area contributed by atoms with Crippen LogP contribution in [0.1, 0.15) is 47.0 Å². The number of hydrogen-bond donors (Lipinski definition) is 0. The van der Waals surface area contributed by atoms with Crippen LogP contribution in [-0.4, -0.2) is 60.3 Å².